The molecule has 0 atom stereocenters. The smallest absolute Gasteiger partial charge is 0.326 e. The molecule has 178 valence electrons. The average Bonchev–Trinajstić information content (AvgIpc) is 2.80. The zero-order valence-electron chi connectivity index (χ0n) is 16.9. The fourth-order valence-electron chi connectivity index (χ4n) is 2.59. The maximum Gasteiger partial charge on any atom is 0.326 e. The van der Waals surface area contributed by atoms with E-state index >= 15 is 0 Å². The van der Waals surface area contributed by atoms with E-state index in [9.17, 15) is 39.9 Å². The van der Waals surface area contributed by atoms with Crippen LogP contribution in [0.1, 0.15) is 10.4 Å². The van der Waals surface area contributed by atoms with E-state index in [1.165, 1.54) is 18.5 Å². The molecule has 17 heteroatoms. The number of hydrogen-bond acceptors (Lipinski definition) is 11. The van der Waals surface area contributed by atoms with Gasteiger partial charge in [-0.3, -0.25) is 40.5 Å². The average molecular weight is 504 g/mol. The summed E-state index contributed by atoms with van der Waals surface area (Å²) in [5, 5.41) is 37.6. The second kappa shape index (κ2) is 10.1. The maximum absolute atomic E-state index is 12.3. The SMILES string of the molecule is O=C(NC(=O)c1ccc([N+](=O)[O-])cc1[N+](=O)[O-])Nc1ccc(Oc2ncc(Cl)cn2)c([N+](=O)[O-])c1. The standard InChI is InChI=1S/C18H10ClN7O9/c19-9-7-20-18(21-8-9)35-15-4-1-10(5-14(15)26(33)34)22-17(28)23-16(27)12-3-2-11(24(29)30)6-13(12)25(31)32/h1-8H,(H2,22,23,27,28). The second-order valence-electron chi connectivity index (χ2n) is 6.35. The molecule has 0 saturated carbocycles. The van der Waals surface area contributed by atoms with Gasteiger partial charge in [-0.2, -0.15) is 0 Å². The van der Waals surface area contributed by atoms with Crippen LogP contribution in [0.2, 0.25) is 5.02 Å². The van der Waals surface area contributed by atoms with Crippen molar-refractivity contribution in [3.8, 4) is 11.8 Å². The number of nitrogens with zero attached hydrogens (tertiary/aromatic N) is 5. The van der Waals surface area contributed by atoms with Gasteiger partial charge < -0.3 is 10.1 Å². The number of halogens is 1. The summed E-state index contributed by atoms with van der Waals surface area (Å²) in [6.07, 6.45) is 2.42. The quantitative estimate of drug-likeness (QED) is 0.349. The number of nitro groups is 3. The first-order valence-corrected chi connectivity index (χ1v) is 9.42. The lowest BCUT2D eigenvalue weighted by atomic mass is 10.1. The lowest BCUT2D eigenvalue weighted by molar-refractivity contribution is -0.394. The third-order valence-corrected chi connectivity index (χ3v) is 4.27. The zero-order valence-corrected chi connectivity index (χ0v) is 17.7. The van der Waals surface area contributed by atoms with Gasteiger partial charge in [-0.15, -0.1) is 0 Å². The largest absolute Gasteiger partial charge is 0.417 e. The summed E-state index contributed by atoms with van der Waals surface area (Å²) in [7, 11) is 0. The van der Waals surface area contributed by atoms with Gasteiger partial charge in [0.25, 0.3) is 17.3 Å². The number of carbonyl (C=O) groups is 2. The van der Waals surface area contributed by atoms with E-state index in [2.05, 4.69) is 15.3 Å². The van der Waals surface area contributed by atoms with Gasteiger partial charge in [0, 0.05) is 17.8 Å². The molecule has 0 unspecified atom stereocenters. The van der Waals surface area contributed by atoms with Crippen LogP contribution in [-0.4, -0.2) is 36.7 Å². The zero-order chi connectivity index (χ0) is 25.7. The first kappa shape index (κ1) is 24.4. The highest BCUT2D eigenvalue weighted by atomic mass is 35.5. The number of nitrogens with one attached hydrogen (secondary N) is 2. The van der Waals surface area contributed by atoms with Crippen LogP contribution in [0.15, 0.2) is 48.8 Å². The summed E-state index contributed by atoms with van der Waals surface area (Å²) in [6.45, 7) is 0. The highest BCUT2D eigenvalue weighted by Gasteiger charge is 2.25. The van der Waals surface area contributed by atoms with Crippen molar-refractivity contribution in [2.75, 3.05) is 5.32 Å². The Morgan fingerprint density at radius 1 is 0.886 bits per heavy atom. The number of imide groups is 1. The van der Waals surface area contributed by atoms with Gasteiger partial charge in [-0.1, -0.05) is 11.6 Å². The highest BCUT2D eigenvalue weighted by molar-refractivity contribution is 6.30. The van der Waals surface area contributed by atoms with E-state index in [0.717, 1.165) is 24.3 Å². The Morgan fingerprint density at radius 2 is 1.54 bits per heavy atom. The highest BCUT2D eigenvalue weighted by Crippen LogP contribution is 2.32. The van der Waals surface area contributed by atoms with Crippen molar-refractivity contribution < 1.29 is 29.1 Å². The number of hydrogen-bond donors (Lipinski definition) is 2. The molecular formula is C18H10ClN7O9. The topological polar surface area (TPSA) is 223 Å². The van der Waals surface area contributed by atoms with Crippen LogP contribution in [-0.2, 0) is 0 Å². The molecule has 2 aromatic carbocycles. The van der Waals surface area contributed by atoms with Gasteiger partial charge >= 0.3 is 17.7 Å². The molecule has 0 saturated heterocycles. The third-order valence-electron chi connectivity index (χ3n) is 4.07. The Labute approximate surface area is 198 Å². The van der Waals surface area contributed by atoms with Gasteiger partial charge in [0.15, 0.2) is 0 Å². The van der Waals surface area contributed by atoms with Crippen LogP contribution < -0.4 is 15.4 Å². The molecular weight excluding hydrogens is 494 g/mol. The molecule has 3 amide bonds. The fraction of sp³-hybridized carbons (Fsp3) is 0. The van der Waals surface area contributed by atoms with E-state index in [0.29, 0.717) is 6.07 Å². The van der Waals surface area contributed by atoms with Crippen molar-refractivity contribution >= 4 is 46.3 Å². The molecule has 0 aliphatic heterocycles. The molecule has 3 rings (SSSR count). The first-order valence-electron chi connectivity index (χ1n) is 9.04. The Balaban J connectivity index is 1.76. The Kier molecular flexibility index (Phi) is 7.06. The molecule has 3 aromatic rings. The number of ether oxygens (including phenoxy) is 1. The molecule has 16 nitrogen and oxygen atoms in total. The number of non-ortho nitro benzene ring substituents is 1. The predicted molar refractivity (Wildman–Crippen MR) is 116 cm³/mol. The number of nitro benzene ring substituents is 3. The summed E-state index contributed by atoms with van der Waals surface area (Å²) < 4.78 is 5.25. The Bertz CT molecular complexity index is 1360. The van der Waals surface area contributed by atoms with Gasteiger partial charge in [-0.25, -0.2) is 14.8 Å². The minimum absolute atomic E-state index is 0.135. The van der Waals surface area contributed by atoms with Gasteiger partial charge in [0.1, 0.15) is 5.56 Å². The molecule has 1 aromatic heterocycles. The normalized spacial score (nSPS) is 10.2. The summed E-state index contributed by atoms with van der Waals surface area (Å²) in [6, 6.07) is 4.08. The van der Waals surface area contributed by atoms with Crippen LogP contribution in [0.5, 0.6) is 11.8 Å². The summed E-state index contributed by atoms with van der Waals surface area (Å²) >= 11 is 5.66. The monoisotopic (exact) mass is 503 g/mol. The summed E-state index contributed by atoms with van der Waals surface area (Å²) in [5.74, 6) is -1.50. The van der Waals surface area contributed by atoms with Crippen LogP contribution in [0.3, 0.4) is 0 Å². The van der Waals surface area contributed by atoms with Crippen molar-refractivity contribution in [1.82, 2.24) is 15.3 Å². The van der Waals surface area contributed by atoms with Crippen molar-refractivity contribution in [2.45, 2.75) is 0 Å². The van der Waals surface area contributed by atoms with Gasteiger partial charge in [-0.05, 0) is 18.2 Å². The van der Waals surface area contributed by atoms with E-state index in [1.807, 2.05) is 0 Å². The van der Waals surface area contributed by atoms with E-state index < -0.39 is 49.3 Å². The van der Waals surface area contributed by atoms with Crippen molar-refractivity contribution in [3.05, 3.63) is 89.7 Å². The summed E-state index contributed by atoms with van der Waals surface area (Å²) in [4.78, 5) is 62.7. The molecule has 0 radical (unpaired) electrons. The minimum atomic E-state index is -1.24. The molecule has 0 fully saturated rings. The fourth-order valence-corrected chi connectivity index (χ4v) is 2.68. The molecule has 1 heterocycles. The molecule has 0 spiro atoms. The maximum atomic E-state index is 12.3. The van der Waals surface area contributed by atoms with Crippen LogP contribution in [0, 0.1) is 30.3 Å². The molecule has 35 heavy (non-hydrogen) atoms. The second-order valence-corrected chi connectivity index (χ2v) is 6.79. The van der Waals surface area contributed by atoms with E-state index in [4.69, 9.17) is 16.3 Å². The Morgan fingerprint density at radius 3 is 2.14 bits per heavy atom. The molecule has 0 aliphatic rings. The number of amides is 3. The number of aromatic nitrogens is 2. The van der Waals surface area contributed by atoms with Crippen molar-refractivity contribution in [2.24, 2.45) is 0 Å². The lowest BCUT2D eigenvalue weighted by Crippen LogP contribution is -2.34. The van der Waals surface area contributed by atoms with Crippen molar-refractivity contribution in [1.29, 1.82) is 0 Å². The molecule has 2 N–H and O–H groups in total. The molecule has 0 bridgehead atoms. The molecule has 0 aliphatic carbocycles. The minimum Gasteiger partial charge on any atom is -0.417 e. The third kappa shape index (κ3) is 5.96. The Hall–Kier alpha value is -5.25. The number of carbonyl (C=O) groups excluding carboxylic acids is 2. The van der Waals surface area contributed by atoms with Crippen molar-refractivity contribution in [3.63, 3.8) is 0 Å². The predicted octanol–water partition coefficient (Wildman–Crippen LogP) is 3.61. The number of anilines is 1. The summed E-state index contributed by atoms with van der Waals surface area (Å²) in [5.41, 5.74) is -2.86. The van der Waals surface area contributed by atoms with Gasteiger partial charge in [0.05, 0.1) is 38.3 Å². The van der Waals surface area contributed by atoms with Crippen LogP contribution in [0.4, 0.5) is 27.5 Å². The first-order chi connectivity index (χ1) is 16.5. The van der Waals surface area contributed by atoms with Gasteiger partial charge in [0.2, 0.25) is 5.75 Å². The van der Waals surface area contributed by atoms with Crippen LogP contribution >= 0.6 is 11.6 Å². The number of urea groups is 1. The van der Waals surface area contributed by atoms with E-state index in [1.54, 1.807) is 5.32 Å². The number of benzene rings is 2. The van der Waals surface area contributed by atoms with E-state index in [-0.39, 0.29) is 22.5 Å². The van der Waals surface area contributed by atoms with Crippen LogP contribution in [0.25, 0.3) is 0 Å². The number of rotatable bonds is 7. The lowest BCUT2D eigenvalue weighted by Gasteiger charge is -2.09.